The van der Waals surface area contributed by atoms with Crippen LogP contribution in [-0.2, 0) is 18.8 Å². The standard InChI is InChI=1S/C22H26ClF2N7O2/c1-30-10-14(9-26-30)20-19(23)21(31(2)29-20)28-22(33)27-18-12-32(6-7-34-3)11-15(18)13-4-5-16(24)17(25)8-13/h4-5,8-10,15,18H,6-7,11-12H2,1-3H3,(H2,27,28,33). The number of aryl methyl sites for hydroxylation is 2. The van der Waals surface area contributed by atoms with Crippen LogP contribution in [0.2, 0.25) is 5.02 Å². The normalized spacial score (nSPS) is 18.4. The van der Waals surface area contributed by atoms with Gasteiger partial charge in [0, 0.05) is 58.5 Å². The minimum Gasteiger partial charge on any atom is -0.383 e. The lowest BCUT2D eigenvalue weighted by Gasteiger charge is -2.21. The quantitative estimate of drug-likeness (QED) is 0.528. The van der Waals surface area contributed by atoms with Crippen molar-refractivity contribution in [2.45, 2.75) is 12.0 Å². The number of likely N-dealkylation sites (tertiary alicyclic amines) is 1. The van der Waals surface area contributed by atoms with Crippen LogP contribution in [0.15, 0.2) is 30.6 Å². The molecule has 182 valence electrons. The smallest absolute Gasteiger partial charge is 0.320 e. The lowest BCUT2D eigenvalue weighted by molar-refractivity contribution is 0.159. The van der Waals surface area contributed by atoms with Crippen LogP contribution in [0.3, 0.4) is 0 Å². The van der Waals surface area contributed by atoms with Gasteiger partial charge in [0.25, 0.3) is 0 Å². The molecule has 0 saturated carbocycles. The van der Waals surface area contributed by atoms with E-state index in [0.29, 0.717) is 43.3 Å². The van der Waals surface area contributed by atoms with Gasteiger partial charge in [-0.3, -0.25) is 19.6 Å². The summed E-state index contributed by atoms with van der Waals surface area (Å²) in [5, 5.41) is 14.5. The van der Waals surface area contributed by atoms with Crippen LogP contribution in [0, 0.1) is 11.6 Å². The van der Waals surface area contributed by atoms with Gasteiger partial charge < -0.3 is 10.1 Å². The zero-order chi connectivity index (χ0) is 24.4. The second-order valence-corrected chi connectivity index (χ2v) is 8.65. The van der Waals surface area contributed by atoms with Crippen molar-refractivity contribution in [1.29, 1.82) is 0 Å². The third-order valence-corrected chi connectivity index (χ3v) is 6.25. The Bertz CT molecular complexity index is 1180. The van der Waals surface area contributed by atoms with Crippen LogP contribution in [0.5, 0.6) is 0 Å². The van der Waals surface area contributed by atoms with E-state index in [1.165, 1.54) is 10.7 Å². The number of halogens is 3. The summed E-state index contributed by atoms with van der Waals surface area (Å²) in [6, 6.07) is 3.02. The molecule has 2 aromatic heterocycles. The largest absolute Gasteiger partial charge is 0.383 e. The van der Waals surface area contributed by atoms with Crippen molar-refractivity contribution >= 4 is 23.4 Å². The maximum absolute atomic E-state index is 13.9. The van der Waals surface area contributed by atoms with E-state index in [2.05, 4.69) is 25.7 Å². The maximum Gasteiger partial charge on any atom is 0.320 e. The van der Waals surface area contributed by atoms with Crippen molar-refractivity contribution in [1.82, 2.24) is 29.8 Å². The molecular weight excluding hydrogens is 468 g/mol. The number of hydrogen-bond donors (Lipinski definition) is 2. The summed E-state index contributed by atoms with van der Waals surface area (Å²) >= 11 is 6.51. The van der Waals surface area contributed by atoms with E-state index < -0.39 is 17.7 Å². The van der Waals surface area contributed by atoms with E-state index >= 15 is 0 Å². The zero-order valence-electron chi connectivity index (χ0n) is 19.1. The van der Waals surface area contributed by atoms with Crippen LogP contribution in [0.25, 0.3) is 11.3 Å². The minimum absolute atomic E-state index is 0.231. The number of urea groups is 1. The number of aromatic nitrogens is 4. The summed E-state index contributed by atoms with van der Waals surface area (Å²) in [7, 11) is 5.07. The SMILES string of the molecule is COCCN1CC(NC(=O)Nc2c(Cl)c(-c3cnn(C)c3)nn2C)C(c2ccc(F)c(F)c2)C1. The second kappa shape index (κ2) is 10.1. The number of anilines is 1. The summed E-state index contributed by atoms with van der Waals surface area (Å²) in [6.07, 6.45) is 3.41. The number of carbonyl (C=O) groups is 1. The van der Waals surface area contributed by atoms with Crippen LogP contribution in [-0.4, -0.2) is 69.9 Å². The summed E-state index contributed by atoms with van der Waals surface area (Å²) in [6.45, 7) is 2.27. The third kappa shape index (κ3) is 5.06. The molecular formula is C22H26ClF2N7O2. The van der Waals surface area contributed by atoms with Gasteiger partial charge in [-0.25, -0.2) is 13.6 Å². The van der Waals surface area contributed by atoms with Gasteiger partial charge >= 0.3 is 6.03 Å². The Balaban J connectivity index is 1.51. The Hall–Kier alpha value is -3.02. The maximum atomic E-state index is 13.9. The minimum atomic E-state index is -0.916. The van der Waals surface area contributed by atoms with Gasteiger partial charge in [-0.1, -0.05) is 17.7 Å². The molecule has 4 rings (SSSR count). The average Bonchev–Trinajstić information content (AvgIpc) is 3.48. The molecule has 2 N–H and O–H groups in total. The van der Waals surface area contributed by atoms with Gasteiger partial charge in [0.15, 0.2) is 17.5 Å². The van der Waals surface area contributed by atoms with E-state index in [-0.39, 0.29) is 17.0 Å². The Kier molecular flexibility index (Phi) is 7.15. The van der Waals surface area contributed by atoms with E-state index in [1.54, 1.807) is 44.3 Å². The fourth-order valence-electron chi connectivity index (χ4n) is 4.19. The highest BCUT2D eigenvalue weighted by Gasteiger charge is 2.35. The van der Waals surface area contributed by atoms with Gasteiger partial charge in [-0.15, -0.1) is 0 Å². The first-order valence-corrected chi connectivity index (χ1v) is 11.1. The number of nitrogens with zero attached hydrogens (tertiary/aromatic N) is 5. The Morgan fingerprint density at radius 3 is 2.74 bits per heavy atom. The molecule has 0 radical (unpaired) electrons. The van der Waals surface area contributed by atoms with E-state index in [1.807, 2.05) is 0 Å². The highest BCUT2D eigenvalue weighted by atomic mass is 35.5. The van der Waals surface area contributed by atoms with Crippen LogP contribution >= 0.6 is 11.6 Å². The predicted octanol–water partition coefficient (Wildman–Crippen LogP) is 2.99. The van der Waals surface area contributed by atoms with Crippen molar-refractivity contribution < 1.29 is 18.3 Å². The van der Waals surface area contributed by atoms with Gasteiger partial charge in [-0.05, 0) is 17.7 Å². The molecule has 3 heterocycles. The zero-order valence-corrected chi connectivity index (χ0v) is 19.8. The van der Waals surface area contributed by atoms with Gasteiger partial charge in [0.1, 0.15) is 10.7 Å². The van der Waals surface area contributed by atoms with Crippen molar-refractivity contribution in [3.63, 3.8) is 0 Å². The van der Waals surface area contributed by atoms with Crippen LogP contribution in [0.4, 0.5) is 19.4 Å². The summed E-state index contributed by atoms with van der Waals surface area (Å²) in [5.74, 6) is -1.72. The number of hydrogen-bond acceptors (Lipinski definition) is 5. The number of nitrogens with one attached hydrogen (secondary N) is 2. The second-order valence-electron chi connectivity index (χ2n) is 8.27. The number of carbonyl (C=O) groups excluding carboxylic acids is 1. The molecule has 1 aliphatic heterocycles. The first-order chi connectivity index (χ1) is 16.3. The molecule has 9 nitrogen and oxygen atoms in total. The molecule has 2 atom stereocenters. The molecule has 1 fully saturated rings. The lowest BCUT2D eigenvalue weighted by atomic mass is 9.94. The van der Waals surface area contributed by atoms with Gasteiger partial charge in [0.2, 0.25) is 0 Å². The van der Waals surface area contributed by atoms with Gasteiger partial charge in [0.05, 0.1) is 18.8 Å². The molecule has 3 aromatic rings. The molecule has 0 spiro atoms. The summed E-state index contributed by atoms with van der Waals surface area (Å²) < 4.78 is 35.7. The van der Waals surface area contributed by atoms with E-state index in [0.717, 1.165) is 11.6 Å². The molecule has 12 heteroatoms. The number of ether oxygens (including phenoxy) is 1. The first-order valence-electron chi connectivity index (χ1n) is 10.7. The average molecular weight is 494 g/mol. The van der Waals surface area contributed by atoms with Crippen molar-refractivity contribution in [3.8, 4) is 11.3 Å². The van der Waals surface area contributed by atoms with E-state index in [9.17, 15) is 13.6 Å². The molecule has 1 aliphatic rings. The molecule has 2 amide bonds. The molecule has 1 aromatic carbocycles. The fourth-order valence-corrected chi connectivity index (χ4v) is 4.51. The number of methoxy groups -OCH3 is 1. The first kappa shape index (κ1) is 24.1. The molecule has 0 aliphatic carbocycles. The van der Waals surface area contributed by atoms with Crippen molar-refractivity contribution in [3.05, 3.63) is 52.8 Å². The monoisotopic (exact) mass is 493 g/mol. The fraction of sp³-hybridized carbons (Fsp3) is 0.409. The lowest BCUT2D eigenvalue weighted by Crippen LogP contribution is -2.42. The summed E-state index contributed by atoms with van der Waals surface area (Å²) in [5.41, 5.74) is 1.83. The highest BCUT2D eigenvalue weighted by Crippen LogP contribution is 2.33. The molecule has 34 heavy (non-hydrogen) atoms. The molecule has 0 bridgehead atoms. The van der Waals surface area contributed by atoms with E-state index in [4.69, 9.17) is 16.3 Å². The predicted molar refractivity (Wildman–Crippen MR) is 124 cm³/mol. The Labute approximate surface area is 200 Å². The van der Waals surface area contributed by atoms with Gasteiger partial charge in [-0.2, -0.15) is 10.2 Å². The highest BCUT2D eigenvalue weighted by molar-refractivity contribution is 6.36. The molecule has 2 unspecified atom stereocenters. The molecule has 1 saturated heterocycles. The number of rotatable bonds is 7. The van der Waals surface area contributed by atoms with Crippen molar-refractivity contribution in [2.24, 2.45) is 14.1 Å². The third-order valence-electron chi connectivity index (χ3n) is 5.90. The van der Waals surface area contributed by atoms with Crippen molar-refractivity contribution in [2.75, 3.05) is 38.7 Å². The van der Waals surface area contributed by atoms with Crippen LogP contribution in [0.1, 0.15) is 11.5 Å². The van der Waals surface area contributed by atoms with Crippen LogP contribution < -0.4 is 10.6 Å². The number of amides is 2. The Morgan fingerprint density at radius 1 is 1.26 bits per heavy atom. The number of benzene rings is 1. The Morgan fingerprint density at radius 2 is 2.06 bits per heavy atom. The topological polar surface area (TPSA) is 89.2 Å². The summed E-state index contributed by atoms with van der Waals surface area (Å²) in [4.78, 5) is 15.0.